The molecule has 1 saturated heterocycles. The smallest absolute Gasteiger partial charge is 0.245 e. The number of piperidine rings is 1. The first-order valence-corrected chi connectivity index (χ1v) is 15.1. The van der Waals surface area contributed by atoms with E-state index in [1.54, 1.807) is 48.5 Å². The number of carbonyl (C=O) groups excluding carboxylic acids is 1. The first kappa shape index (κ1) is 26.6. The van der Waals surface area contributed by atoms with Crippen molar-refractivity contribution in [2.45, 2.75) is 24.2 Å². The van der Waals surface area contributed by atoms with Crippen molar-refractivity contribution < 1.29 is 26.4 Å². The second-order valence-electron chi connectivity index (χ2n) is 8.69. The average Bonchev–Trinajstić information content (AvgIpc) is 2.89. The summed E-state index contributed by atoms with van der Waals surface area (Å²) in [6, 6.07) is 21.3. The summed E-state index contributed by atoms with van der Waals surface area (Å²) in [7, 11) is -7.44. The number of anilines is 2. The van der Waals surface area contributed by atoms with Crippen molar-refractivity contribution in [3.8, 4) is 11.5 Å². The van der Waals surface area contributed by atoms with Gasteiger partial charge in [-0.25, -0.2) is 16.8 Å². The first-order valence-electron chi connectivity index (χ1n) is 11.8. The van der Waals surface area contributed by atoms with Gasteiger partial charge in [-0.15, -0.1) is 0 Å². The van der Waals surface area contributed by atoms with Gasteiger partial charge >= 0.3 is 0 Å². The Bertz CT molecular complexity index is 1440. The van der Waals surface area contributed by atoms with Gasteiger partial charge in [0.05, 0.1) is 16.8 Å². The Labute approximate surface area is 217 Å². The monoisotopic (exact) mass is 543 g/mol. The molecule has 1 fully saturated rings. The number of nitrogens with zero attached hydrogens (tertiary/aromatic N) is 2. The SMILES string of the molecule is CS(=O)(=O)N(CC(=O)Nc1ccc(S(=O)(=O)N2CCCCC2)cc1)c1ccccc1Oc1ccccc1. The Morgan fingerprint density at radius 2 is 1.49 bits per heavy atom. The fourth-order valence-electron chi connectivity index (χ4n) is 4.04. The van der Waals surface area contributed by atoms with Crippen LogP contribution < -0.4 is 14.4 Å². The van der Waals surface area contributed by atoms with Gasteiger partial charge in [-0.05, 0) is 61.4 Å². The molecule has 11 heteroatoms. The van der Waals surface area contributed by atoms with Crippen molar-refractivity contribution in [3.63, 3.8) is 0 Å². The summed E-state index contributed by atoms with van der Waals surface area (Å²) < 4.78 is 59.3. The third-order valence-electron chi connectivity index (χ3n) is 5.88. The van der Waals surface area contributed by atoms with Gasteiger partial charge in [0, 0.05) is 18.8 Å². The highest BCUT2D eigenvalue weighted by Crippen LogP contribution is 2.33. The fourth-order valence-corrected chi connectivity index (χ4v) is 6.42. The van der Waals surface area contributed by atoms with Gasteiger partial charge < -0.3 is 10.1 Å². The van der Waals surface area contributed by atoms with Crippen molar-refractivity contribution in [1.82, 2.24) is 4.31 Å². The van der Waals surface area contributed by atoms with E-state index in [2.05, 4.69) is 5.32 Å². The molecule has 3 aromatic rings. The van der Waals surface area contributed by atoms with Crippen LogP contribution in [-0.4, -0.2) is 52.9 Å². The molecule has 196 valence electrons. The number of benzene rings is 3. The van der Waals surface area contributed by atoms with Gasteiger partial charge in [0.15, 0.2) is 5.75 Å². The summed E-state index contributed by atoms with van der Waals surface area (Å²) in [4.78, 5) is 13.0. The number of rotatable bonds is 9. The molecule has 0 aliphatic carbocycles. The molecule has 4 rings (SSSR count). The van der Waals surface area contributed by atoms with E-state index in [4.69, 9.17) is 4.74 Å². The minimum absolute atomic E-state index is 0.150. The van der Waals surface area contributed by atoms with Crippen LogP contribution >= 0.6 is 0 Å². The van der Waals surface area contributed by atoms with E-state index in [0.29, 0.717) is 24.5 Å². The molecule has 1 amide bonds. The molecule has 0 saturated carbocycles. The lowest BCUT2D eigenvalue weighted by Gasteiger charge is -2.26. The number of hydrogen-bond acceptors (Lipinski definition) is 6. The highest BCUT2D eigenvalue weighted by atomic mass is 32.2. The Morgan fingerprint density at radius 1 is 0.865 bits per heavy atom. The molecule has 1 aliphatic rings. The predicted molar refractivity (Wildman–Crippen MR) is 143 cm³/mol. The van der Waals surface area contributed by atoms with Crippen LogP contribution in [-0.2, 0) is 24.8 Å². The molecule has 0 aromatic heterocycles. The quantitative estimate of drug-likeness (QED) is 0.436. The average molecular weight is 544 g/mol. The molecule has 37 heavy (non-hydrogen) atoms. The largest absolute Gasteiger partial charge is 0.455 e. The standard InChI is InChI=1S/C26H29N3O6S2/c1-36(31,32)29(24-12-6-7-13-25(24)35-22-10-4-2-5-11-22)20-26(30)27-21-14-16-23(17-15-21)37(33,34)28-18-8-3-9-19-28/h2,4-7,10-17H,3,8-9,18-20H2,1H3,(H,27,30). The molecular weight excluding hydrogens is 514 g/mol. The van der Waals surface area contributed by atoms with Gasteiger partial charge in [-0.2, -0.15) is 4.31 Å². The number of amides is 1. The second-order valence-corrected chi connectivity index (χ2v) is 12.5. The van der Waals surface area contributed by atoms with Crippen molar-refractivity contribution in [1.29, 1.82) is 0 Å². The molecule has 0 unspecified atom stereocenters. The molecule has 0 bridgehead atoms. The summed E-state index contributed by atoms with van der Waals surface area (Å²) in [5.74, 6) is 0.207. The van der Waals surface area contributed by atoms with E-state index < -0.39 is 32.5 Å². The zero-order valence-electron chi connectivity index (χ0n) is 20.4. The van der Waals surface area contributed by atoms with Gasteiger partial charge in [0.1, 0.15) is 12.3 Å². The lowest BCUT2D eigenvalue weighted by atomic mass is 10.2. The van der Waals surface area contributed by atoms with Crippen molar-refractivity contribution in [3.05, 3.63) is 78.9 Å². The number of hydrogen-bond donors (Lipinski definition) is 1. The minimum atomic E-state index is -3.85. The van der Waals surface area contributed by atoms with Gasteiger partial charge in [-0.1, -0.05) is 36.8 Å². The van der Waals surface area contributed by atoms with Crippen LogP contribution in [0.2, 0.25) is 0 Å². The third kappa shape index (κ3) is 6.68. The van der Waals surface area contributed by atoms with Crippen LogP contribution in [0.3, 0.4) is 0 Å². The Balaban J connectivity index is 1.49. The van der Waals surface area contributed by atoms with Crippen molar-refractivity contribution in [2.75, 3.05) is 35.5 Å². The molecule has 1 heterocycles. The summed E-state index contributed by atoms with van der Waals surface area (Å²) in [6.07, 6.45) is 3.71. The summed E-state index contributed by atoms with van der Waals surface area (Å²) in [5.41, 5.74) is 0.567. The van der Waals surface area contributed by atoms with Crippen LogP contribution in [0, 0.1) is 0 Å². The van der Waals surface area contributed by atoms with E-state index in [-0.39, 0.29) is 16.3 Å². The van der Waals surface area contributed by atoms with Crippen LogP contribution in [0.25, 0.3) is 0 Å². The zero-order chi connectivity index (χ0) is 26.5. The maximum absolute atomic E-state index is 12.9. The number of carbonyl (C=O) groups is 1. The van der Waals surface area contributed by atoms with Crippen LogP contribution in [0.15, 0.2) is 83.8 Å². The summed E-state index contributed by atoms with van der Waals surface area (Å²) in [5, 5.41) is 2.65. The normalized spacial score (nSPS) is 14.6. The van der Waals surface area contributed by atoms with Crippen LogP contribution in [0.5, 0.6) is 11.5 Å². The first-order chi connectivity index (χ1) is 17.6. The van der Waals surface area contributed by atoms with Gasteiger partial charge in [0.2, 0.25) is 26.0 Å². The molecule has 0 radical (unpaired) electrons. The van der Waals surface area contributed by atoms with E-state index in [0.717, 1.165) is 29.8 Å². The molecule has 9 nitrogen and oxygen atoms in total. The molecular formula is C26H29N3O6S2. The lowest BCUT2D eigenvalue weighted by molar-refractivity contribution is -0.114. The van der Waals surface area contributed by atoms with Gasteiger partial charge in [0.25, 0.3) is 0 Å². The lowest BCUT2D eigenvalue weighted by Crippen LogP contribution is -2.37. The van der Waals surface area contributed by atoms with Crippen molar-refractivity contribution >= 4 is 37.3 Å². The Kier molecular flexibility index (Phi) is 8.16. The zero-order valence-corrected chi connectivity index (χ0v) is 22.0. The maximum atomic E-state index is 12.9. The Hall–Kier alpha value is -3.41. The van der Waals surface area contributed by atoms with E-state index in [9.17, 15) is 21.6 Å². The number of ether oxygens (including phenoxy) is 1. The van der Waals surface area contributed by atoms with E-state index in [1.165, 1.54) is 28.6 Å². The molecule has 1 N–H and O–H groups in total. The third-order valence-corrected chi connectivity index (χ3v) is 8.92. The van der Waals surface area contributed by atoms with E-state index in [1.807, 2.05) is 6.07 Å². The second kappa shape index (κ2) is 11.3. The highest BCUT2D eigenvalue weighted by Gasteiger charge is 2.27. The number of sulfonamides is 2. The number of nitrogens with one attached hydrogen (secondary N) is 1. The molecule has 0 atom stereocenters. The molecule has 1 aliphatic heterocycles. The summed E-state index contributed by atoms with van der Waals surface area (Å²) in [6.45, 7) is 0.497. The summed E-state index contributed by atoms with van der Waals surface area (Å²) >= 11 is 0. The van der Waals surface area contributed by atoms with Gasteiger partial charge in [-0.3, -0.25) is 9.10 Å². The molecule has 3 aromatic carbocycles. The number of para-hydroxylation sites is 3. The maximum Gasteiger partial charge on any atom is 0.245 e. The minimum Gasteiger partial charge on any atom is -0.455 e. The molecule has 0 spiro atoms. The highest BCUT2D eigenvalue weighted by molar-refractivity contribution is 7.92. The van der Waals surface area contributed by atoms with E-state index >= 15 is 0 Å². The topological polar surface area (TPSA) is 113 Å². The van der Waals surface area contributed by atoms with Crippen molar-refractivity contribution in [2.24, 2.45) is 0 Å². The van der Waals surface area contributed by atoms with Crippen LogP contribution in [0.4, 0.5) is 11.4 Å². The predicted octanol–water partition coefficient (Wildman–Crippen LogP) is 4.06. The Morgan fingerprint density at radius 3 is 2.14 bits per heavy atom. The fraction of sp³-hybridized carbons (Fsp3) is 0.269. The van der Waals surface area contributed by atoms with Crippen LogP contribution in [0.1, 0.15) is 19.3 Å².